The molecule has 2 unspecified atom stereocenters. The molecule has 7 heteroatoms. The minimum Gasteiger partial charge on any atom is -0.444 e. The molecule has 2 aliphatic rings. The molecule has 5 nitrogen and oxygen atoms in total. The molecule has 30 heavy (non-hydrogen) atoms. The van der Waals surface area contributed by atoms with E-state index in [1.807, 2.05) is 32.9 Å². The van der Waals surface area contributed by atoms with E-state index in [0.29, 0.717) is 41.7 Å². The van der Waals surface area contributed by atoms with Crippen molar-refractivity contribution in [2.75, 3.05) is 18.0 Å². The van der Waals surface area contributed by atoms with Gasteiger partial charge in [0.05, 0.1) is 10.0 Å². The van der Waals surface area contributed by atoms with Gasteiger partial charge >= 0.3 is 6.09 Å². The SMILES string of the molecule is CC(C)(C)OC(=O)N1CCCN(c2ccc(Cl)c(Cl)c2)C(=O)C1CC1C=CC=CC1. The number of benzene rings is 1. The van der Waals surface area contributed by atoms with E-state index in [2.05, 4.69) is 12.2 Å². The summed E-state index contributed by atoms with van der Waals surface area (Å²) in [5.74, 6) is 0.0577. The second kappa shape index (κ2) is 9.44. The fourth-order valence-electron chi connectivity index (χ4n) is 3.75. The molecule has 2 atom stereocenters. The molecule has 1 aromatic rings. The summed E-state index contributed by atoms with van der Waals surface area (Å²) in [5.41, 5.74) is 0.0536. The Morgan fingerprint density at radius 1 is 1.17 bits per heavy atom. The van der Waals surface area contributed by atoms with E-state index in [9.17, 15) is 9.59 Å². The van der Waals surface area contributed by atoms with Gasteiger partial charge in [-0.15, -0.1) is 0 Å². The van der Waals surface area contributed by atoms with E-state index >= 15 is 0 Å². The first kappa shape index (κ1) is 22.7. The third-order valence-corrected chi connectivity index (χ3v) is 5.89. The summed E-state index contributed by atoms with van der Waals surface area (Å²) in [7, 11) is 0. The lowest BCUT2D eigenvalue weighted by Crippen LogP contribution is -2.50. The fourth-order valence-corrected chi connectivity index (χ4v) is 4.04. The smallest absolute Gasteiger partial charge is 0.410 e. The third kappa shape index (κ3) is 5.58. The van der Waals surface area contributed by atoms with Crippen molar-refractivity contribution < 1.29 is 14.3 Å². The van der Waals surface area contributed by atoms with Crippen LogP contribution in [0.3, 0.4) is 0 Å². The van der Waals surface area contributed by atoms with Crippen molar-refractivity contribution in [3.8, 4) is 0 Å². The van der Waals surface area contributed by atoms with E-state index < -0.39 is 17.7 Å². The highest BCUT2D eigenvalue weighted by Gasteiger charge is 2.39. The van der Waals surface area contributed by atoms with Gasteiger partial charge in [0, 0.05) is 18.8 Å². The number of rotatable bonds is 3. The molecule has 0 aromatic heterocycles. The standard InChI is InChI=1S/C23H28Cl2N2O3/c1-23(2,3)30-22(29)27-13-7-12-26(17-10-11-18(24)19(25)15-17)21(28)20(27)14-16-8-5-4-6-9-16/h4-6,8,10-11,15-16,20H,7,9,12-14H2,1-3H3. The molecule has 1 aliphatic heterocycles. The van der Waals surface area contributed by atoms with Gasteiger partial charge in [0.25, 0.3) is 0 Å². The molecular weight excluding hydrogens is 423 g/mol. The average Bonchev–Trinajstić information content (AvgIpc) is 2.83. The average molecular weight is 451 g/mol. The number of hydrogen-bond acceptors (Lipinski definition) is 3. The maximum absolute atomic E-state index is 13.7. The lowest BCUT2D eigenvalue weighted by atomic mass is 9.92. The molecule has 2 amide bonds. The summed E-state index contributed by atoms with van der Waals surface area (Å²) >= 11 is 12.2. The Labute approximate surface area is 188 Å². The summed E-state index contributed by atoms with van der Waals surface area (Å²) in [6.07, 6.45) is 9.74. The van der Waals surface area contributed by atoms with Gasteiger partial charge in [-0.1, -0.05) is 47.5 Å². The van der Waals surface area contributed by atoms with Crippen LogP contribution in [0.1, 0.15) is 40.0 Å². The van der Waals surface area contributed by atoms with Crippen molar-refractivity contribution in [1.82, 2.24) is 4.90 Å². The summed E-state index contributed by atoms with van der Waals surface area (Å²) in [5, 5.41) is 0.834. The summed E-state index contributed by atoms with van der Waals surface area (Å²) < 4.78 is 5.62. The van der Waals surface area contributed by atoms with Crippen LogP contribution in [0.5, 0.6) is 0 Å². The number of amides is 2. The summed E-state index contributed by atoms with van der Waals surface area (Å²) in [4.78, 5) is 29.9. The molecule has 1 heterocycles. The van der Waals surface area contributed by atoms with Gasteiger partial charge in [-0.3, -0.25) is 9.69 Å². The maximum Gasteiger partial charge on any atom is 0.410 e. The number of ether oxygens (including phenoxy) is 1. The van der Waals surface area contributed by atoms with E-state index in [1.165, 1.54) is 0 Å². The first-order valence-corrected chi connectivity index (χ1v) is 11.0. The van der Waals surface area contributed by atoms with Crippen molar-refractivity contribution in [1.29, 1.82) is 0 Å². The zero-order valence-electron chi connectivity index (χ0n) is 17.6. The van der Waals surface area contributed by atoms with Crippen molar-refractivity contribution in [3.63, 3.8) is 0 Å². The first-order valence-electron chi connectivity index (χ1n) is 10.2. The van der Waals surface area contributed by atoms with Gasteiger partial charge in [0.1, 0.15) is 11.6 Å². The Morgan fingerprint density at radius 3 is 2.57 bits per heavy atom. The predicted molar refractivity (Wildman–Crippen MR) is 121 cm³/mol. The Hall–Kier alpha value is -1.98. The van der Waals surface area contributed by atoms with Crippen molar-refractivity contribution >= 4 is 40.9 Å². The molecule has 1 fully saturated rings. The van der Waals surface area contributed by atoms with Crippen LogP contribution in [0.4, 0.5) is 10.5 Å². The van der Waals surface area contributed by atoms with E-state index in [4.69, 9.17) is 27.9 Å². The predicted octanol–water partition coefficient (Wildman–Crippen LogP) is 5.86. The molecule has 162 valence electrons. The highest BCUT2D eigenvalue weighted by molar-refractivity contribution is 6.42. The third-order valence-electron chi connectivity index (χ3n) is 5.15. The van der Waals surface area contributed by atoms with Crippen LogP contribution < -0.4 is 4.90 Å². The second-order valence-electron chi connectivity index (χ2n) is 8.68. The molecule has 1 saturated heterocycles. The van der Waals surface area contributed by atoms with Gasteiger partial charge in [-0.05, 0) is 64.2 Å². The van der Waals surface area contributed by atoms with Gasteiger partial charge in [0.15, 0.2) is 0 Å². The molecule has 1 aromatic carbocycles. The topological polar surface area (TPSA) is 49.9 Å². The summed E-state index contributed by atoms with van der Waals surface area (Å²) in [6, 6.07) is 4.56. The van der Waals surface area contributed by atoms with Crippen LogP contribution in [0.15, 0.2) is 42.5 Å². The lowest BCUT2D eigenvalue weighted by molar-refractivity contribution is -0.123. The second-order valence-corrected chi connectivity index (χ2v) is 9.49. The van der Waals surface area contributed by atoms with Crippen LogP contribution in [-0.4, -0.2) is 41.6 Å². The highest BCUT2D eigenvalue weighted by atomic mass is 35.5. The van der Waals surface area contributed by atoms with Crippen LogP contribution in [-0.2, 0) is 9.53 Å². The van der Waals surface area contributed by atoms with Crippen LogP contribution in [0.25, 0.3) is 0 Å². The Bertz CT molecular complexity index is 860. The number of anilines is 1. The maximum atomic E-state index is 13.7. The first-order chi connectivity index (χ1) is 14.2. The van der Waals surface area contributed by atoms with Gasteiger partial charge < -0.3 is 9.64 Å². The van der Waals surface area contributed by atoms with Crippen molar-refractivity contribution in [3.05, 3.63) is 52.5 Å². The molecule has 0 spiro atoms. The number of hydrogen-bond donors (Lipinski definition) is 0. The van der Waals surface area contributed by atoms with Gasteiger partial charge in [-0.2, -0.15) is 0 Å². The van der Waals surface area contributed by atoms with Crippen molar-refractivity contribution in [2.45, 2.75) is 51.7 Å². The van der Waals surface area contributed by atoms with E-state index in [-0.39, 0.29) is 11.8 Å². The van der Waals surface area contributed by atoms with E-state index in [1.54, 1.807) is 28.0 Å². The number of carbonyl (C=O) groups is 2. The Balaban J connectivity index is 1.91. The molecule has 0 bridgehead atoms. The minimum absolute atomic E-state index is 0.125. The fraction of sp³-hybridized carbons (Fsp3) is 0.478. The van der Waals surface area contributed by atoms with E-state index in [0.717, 1.165) is 6.42 Å². The summed E-state index contributed by atoms with van der Waals surface area (Å²) in [6.45, 7) is 6.44. The monoisotopic (exact) mass is 450 g/mol. The number of nitrogens with zero attached hydrogens (tertiary/aromatic N) is 2. The van der Waals surface area contributed by atoms with Gasteiger partial charge in [0.2, 0.25) is 5.91 Å². The molecule has 3 rings (SSSR count). The Kier molecular flexibility index (Phi) is 7.14. The number of halogens is 2. The molecular formula is C23H28Cl2N2O3. The zero-order valence-corrected chi connectivity index (χ0v) is 19.1. The largest absolute Gasteiger partial charge is 0.444 e. The molecule has 0 N–H and O–H groups in total. The number of allylic oxidation sites excluding steroid dienone is 4. The van der Waals surface area contributed by atoms with Crippen LogP contribution >= 0.6 is 23.2 Å². The minimum atomic E-state index is -0.631. The molecule has 0 radical (unpaired) electrons. The normalized spacial score (nSPS) is 22.2. The van der Waals surface area contributed by atoms with Gasteiger partial charge in [-0.25, -0.2) is 4.79 Å². The van der Waals surface area contributed by atoms with Crippen LogP contribution in [0.2, 0.25) is 10.0 Å². The highest BCUT2D eigenvalue weighted by Crippen LogP contribution is 2.31. The quantitative estimate of drug-likeness (QED) is 0.579. The van der Waals surface area contributed by atoms with Crippen molar-refractivity contribution in [2.24, 2.45) is 5.92 Å². The molecule has 1 aliphatic carbocycles. The molecule has 0 saturated carbocycles. The Morgan fingerprint density at radius 2 is 1.93 bits per heavy atom. The lowest BCUT2D eigenvalue weighted by Gasteiger charge is -2.34. The number of carbonyl (C=O) groups excluding carboxylic acids is 2. The zero-order chi connectivity index (χ0) is 21.9. The van der Waals surface area contributed by atoms with Crippen LogP contribution in [0, 0.1) is 5.92 Å².